The van der Waals surface area contributed by atoms with Crippen molar-refractivity contribution in [3.63, 3.8) is 0 Å². The quantitative estimate of drug-likeness (QED) is 0.514. The van der Waals surface area contributed by atoms with Crippen LogP contribution in [0.15, 0.2) is 60.7 Å². The van der Waals surface area contributed by atoms with Crippen molar-refractivity contribution in [2.75, 3.05) is 0 Å². The van der Waals surface area contributed by atoms with E-state index in [1.54, 1.807) is 38.5 Å². The third kappa shape index (κ3) is 4.85. The van der Waals surface area contributed by atoms with E-state index in [1.165, 1.54) is 39.0 Å². The summed E-state index contributed by atoms with van der Waals surface area (Å²) in [6, 6.07) is 20.3. The van der Waals surface area contributed by atoms with E-state index in [2.05, 4.69) is 38.1 Å². The van der Waals surface area contributed by atoms with Crippen molar-refractivity contribution < 1.29 is 13.9 Å². The average Bonchev–Trinajstić information content (AvgIpc) is 2.78. The van der Waals surface area contributed by atoms with Gasteiger partial charge in [0.25, 0.3) is 0 Å². The SMILES string of the molecule is C1C2CC3CC1CC(C2)C3.CC1(C)C(c2ccccc2)O[B]O[B]OC1c1ccccc1. The molecule has 0 amide bonds. The highest BCUT2D eigenvalue weighted by molar-refractivity contribution is 6.34. The first-order valence-corrected chi connectivity index (χ1v) is 12.3. The Morgan fingerprint density at radius 3 is 1.28 bits per heavy atom. The summed E-state index contributed by atoms with van der Waals surface area (Å²) >= 11 is 0. The Hall–Kier alpha value is -1.55. The van der Waals surface area contributed by atoms with E-state index in [0.29, 0.717) is 0 Å². The lowest BCUT2D eigenvalue weighted by atomic mass is 9.56. The minimum absolute atomic E-state index is 0.174. The highest BCUT2D eigenvalue weighted by atomic mass is 16.6. The van der Waals surface area contributed by atoms with Crippen molar-refractivity contribution in [1.29, 1.82) is 0 Å². The molecule has 0 N–H and O–H groups in total. The monoisotopic (exact) mass is 428 g/mol. The lowest BCUT2D eigenvalue weighted by Crippen LogP contribution is -2.38. The first-order valence-electron chi connectivity index (χ1n) is 12.3. The van der Waals surface area contributed by atoms with Crippen LogP contribution < -0.4 is 0 Å². The summed E-state index contributed by atoms with van der Waals surface area (Å²) in [6.07, 6.45) is 9.28. The normalized spacial score (nSPS) is 34.8. The average molecular weight is 428 g/mol. The predicted octanol–water partition coefficient (Wildman–Crippen LogP) is 6.46. The molecular formula is C27H34B2O3. The van der Waals surface area contributed by atoms with Crippen LogP contribution in [0.1, 0.15) is 75.7 Å². The Morgan fingerprint density at radius 2 is 0.938 bits per heavy atom. The smallest absolute Gasteiger partial charge is 0.456 e. The van der Waals surface area contributed by atoms with Crippen LogP contribution in [0.25, 0.3) is 0 Å². The van der Waals surface area contributed by atoms with E-state index in [1.807, 2.05) is 36.4 Å². The molecule has 0 spiro atoms. The molecular weight excluding hydrogens is 394 g/mol. The topological polar surface area (TPSA) is 27.7 Å². The van der Waals surface area contributed by atoms with Crippen LogP contribution in [0.2, 0.25) is 0 Å². The van der Waals surface area contributed by atoms with Gasteiger partial charge in [0.2, 0.25) is 0 Å². The summed E-state index contributed by atoms with van der Waals surface area (Å²) in [5.74, 6) is 4.71. The molecule has 3 nitrogen and oxygen atoms in total. The van der Waals surface area contributed by atoms with Gasteiger partial charge in [-0.3, -0.25) is 0 Å². The molecule has 4 saturated carbocycles. The van der Waals surface area contributed by atoms with E-state index >= 15 is 0 Å². The first-order chi connectivity index (χ1) is 15.6. The van der Waals surface area contributed by atoms with Crippen LogP contribution in [-0.4, -0.2) is 15.4 Å². The lowest BCUT2D eigenvalue weighted by Gasteiger charge is -2.49. The van der Waals surface area contributed by atoms with Crippen LogP contribution in [0.5, 0.6) is 0 Å². The summed E-state index contributed by atoms with van der Waals surface area (Å²) in [6.45, 7) is 4.30. The van der Waals surface area contributed by atoms with Crippen LogP contribution in [0.4, 0.5) is 0 Å². The zero-order valence-electron chi connectivity index (χ0n) is 19.4. The fourth-order valence-corrected chi connectivity index (χ4v) is 6.94. The second-order valence-corrected chi connectivity index (χ2v) is 10.9. The molecule has 5 aliphatic rings. The molecule has 4 bridgehead atoms. The molecule has 0 aromatic heterocycles. The molecule has 166 valence electrons. The van der Waals surface area contributed by atoms with Crippen molar-refractivity contribution in [3.05, 3.63) is 71.8 Å². The molecule has 2 aromatic carbocycles. The van der Waals surface area contributed by atoms with Crippen molar-refractivity contribution in [2.45, 2.75) is 64.6 Å². The minimum Gasteiger partial charge on any atom is -0.456 e. The van der Waals surface area contributed by atoms with E-state index < -0.39 is 0 Å². The van der Waals surface area contributed by atoms with Gasteiger partial charge in [-0.25, -0.2) is 0 Å². The molecule has 2 aromatic rings. The standard InChI is InChI=1S/C17H18B2O3.C10H16/c1-17(2)15(13-9-5-3-6-10-13)20-18-22-19-21-16(17)14-11-7-4-8-12-14;1-7-2-9-4-8(1)5-10(3-7)6-9/h3-12,15-16H,1-2H3;7-10H,1-6H2. The molecule has 7 rings (SSSR count). The molecule has 1 saturated heterocycles. The van der Waals surface area contributed by atoms with Crippen molar-refractivity contribution >= 4 is 15.4 Å². The molecule has 2 radical (unpaired) electrons. The van der Waals surface area contributed by atoms with E-state index in [-0.39, 0.29) is 17.6 Å². The summed E-state index contributed by atoms with van der Waals surface area (Å²) in [7, 11) is 2.67. The molecule has 5 fully saturated rings. The fourth-order valence-electron chi connectivity index (χ4n) is 6.94. The maximum atomic E-state index is 5.88. The number of rotatable bonds is 2. The second-order valence-electron chi connectivity index (χ2n) is 10.9. The molecule has 2 atom stereocenters. The lowest BCUT2D eigenvalue weighted by molar-refractivity contribution is -0.0459. The van der Waals surface area contributed by atoms with Gasteiger partial charge < -0.3 is 13.9 Å². The van der Waals surface area contributed by atoms with Gasteiger partial charge in [-0.15, -0.1) is 0 Å². The van der Waals surface area contributed by atoms with Crippen LogP contribution in [-0.2, 0) is 13.9 Å². The second kappa shape index (κ2) is 9.75. The Balaban J connectivity index is 0.000000177. The molecule has 5 heteroatoms. The predicted molar refractivity (Wildman–Crippen MR) is 129 cm³/mol. The van der Waals surface area contributed by atoms with Crippen molar-refractivity contribution in [2.24, 2.45) is 29.1 Å². The Labute approximate surface area is 194 Å². The van der Waals surface area contributed by atoms with Crippen molar-refractivity contribution in [3.8, 4) is 0 Å². The highest BCUT2D eigenvalue weighted by Crippen LogP contribution is 2.53. The molecule has 32 heavy (non-hydrogen) atoms. The van der Waals surface area contributed by atoms with Crippen LogP contribution in [0, 0.1) is 29.1 Å². The number of benzene rings is 2. The van der Waals surface area contributed by atoms with E-state index in [9.17, 15) is 0 Å². The van der Waals surface area contributed by atoms with E-state index in [0.717, 1.165) is 11.1 Å². The Morgan fingerprint density at radius 1 is 0.594 bits per heavy atom. The Kier molecular flexibility index (Phi) is 6.78. The van der Waals surface area contributed by atoms with E-state index in [4.69, 9.17) is 13.9 Å². The van der Waals surface area contributed by atoms with Crippen LogP contribution in [0.3, 0.4) is 0 Å². The summed E-state index contributed by atoms with van der Waals surface area (Å²) < 4.78 is 16.9. The molecule has 2 unspecified atom stereocenters. The molecule has 4 aliphatic carbocycles. The third-order valence-corrected chi connectivity index (χ3v) is 8.05. The van der Waals surface area contributed by atoms with Gasteiger partial charge in [-0.2, -0.15) is 0 Å². The fraction of sp³-hybridized carbons (Fsp3) is 0.556. The van der Waals surface area contributed by atoms with Gasteiger partial charge in [-0.05, 0) is 73.3 Å². The summed E-state index contributed by atoms with van der Waals surface area (Å²) in [4.78, 5) is 0. The number of hydrogen-bond acceptors (Lipinski definition) is 3. The largest absolute Gasteiger partial charge is 0.473 e. The van der Waals surface area contributed by atoms with Gasteiger partial charge in [0.15, 0.2) is 0 Å². The van der Waals surface area contributed by atoms with Crippen molar-refractivity contribution in [1.82, 2.24) is 0 Å². The van der Waals surface area contributed by atoms with Gasteiger partial charge in [0.1, 0.15) is 0 Å². The van der Waals surface area contributed by atoms with Crippen LogP contribution >= 0.6 is 0 Å². The summed E-state index contributed by atoms with van der Waals surface area (Å²) in [5.41, 5.74) is 1.90. The molecule has 1 heterocycles. The Bertz CT molecular complexity index is 750. The zero-order chi connectivity index (χ0) is 22.0. The molecule has 1 aliphatic heterocycles. The number of hydrogen-bond donors (Lipinski definition) is 0. The first kappa shape index (κ1) is 22.3. The van der Waals surface area contributed by atoms with Gasteiger partial charge >= 0.3 is 15.4 Å². The third-order valence-electron chi connectivity index (χ3n) is 8.05. The minimum atomic E-state index is -0.292. The van der Waals surface area contributed by atoms with Gasteiger partial charge in [0, 0.05) is 5.41 Å². The maximum absolute atomic E-state index is 5.88. The maximum Gasteiger partial charge on any atom is 0.473 e. The van der Waals surface area contributed by atoms with Gasteiger partial charge in [0.05, 0.1) is 12.2 Å². The zero-order valence-corrected chi connectivity index (χ0v) is 19.4. The highest BCUT2D eigenvalue weighted by Gasteiger charge is 2.43. The van der Waals surface area contributed by atoms with Gasteiger partial charge in [-0.1, -0.05) is 74.5 Å². The summed E-state index contributed by atoms with van der Waals surface area (Å²) in [5, 5.41) is 0.